The van der Waals surface area contributed by atoms with E-state index < -0.39 is 0 Å². The summed E-state index contributed by atoms with van der Waals surface area (Å²) < 4.78 is 10.3. The molecule has 0 aliphatic rings. The van der Waals surface area contributed by atoms with E-state index in [0.717, 1.165) is 17.7 Å². The molecule has 0 aliphatic heterocycles. The van der Waals surface area contributed by atoms with Crippen molar-refractivity contribution >= 4 is 5.91 Å². The van der Waals surface area contributed by atoms with Crippen molar-refractivity contribution in [2.24, 2.45) is 0 Å². The molecule has 0 bridgehead atoms. The number of hydrogen-bond donors (Lipinski definition) is 1. The van der Waals surface area contributed by atoms with Crippen molar-refractivity contribution in [3.8, 4) is 5.75 Å². The summed E-state index contributed by atoms with van der Waals surface area (Å²) in [5, 5.41) is 2.89. The number of likely N-dealkylation sites (N-methyl/N-ethyl adjacent to an activating group) is 1. The van der Waals surface area contributed by atoms with Crippen molar-refractivity contribution in [2.45, 2.75) is 19.4 Å². The smallest absolute Gasteiger partial charge is 0.234 e. The molecule has 0 heterocycles. The molecular formula is C16H26N2O3. The van der Waals surface area contributed by atoms with Gasteiger partial charge in [0.2, 0.25) is 5.91 Å². The molecule has 118 valence electrons. The first-order valence-corrected chi connectivity index (χ1v) is 7.19. The molecule has 21 heavy (non-hydrogen) atoms. The lowest BCUT2D eigenvalue weighted by Crippen LogP contribution is -2.37. The fourth-order valence-electron chi connectivity index (χ4n) is 2.11. The van der Waals surface area contributed by atoms with Crippen LogP contribution < -0.4 is 10.1 Å². The maximum Gasteiger partial charge on any atom is 0.234 e. The number of rotatable bonds is 9. The van der Waals surface area contributed by atoms with Crippen LogP contribution in [0.1, 0.15) is 24.9 Å². The third-order valence-corrected chi connectivity index (χ3v) is 3.49. The minimum Gasteiger partial charge on any atom is -0.496 e. The molecule has 0 spiro atoms. The van der Waals surface area contributed by atoms with Crippen molar-refractivity contribution in [1.82, 2.24) is 10.2 Å². The SMILES string of the molecule is COCCCNC(=O)CN(C)[C@H](C)c1ccccc1OC. The molecule has 0 saturated heterocycles. The van der Waals surface area contributed by atoms with Gasteiger partial charge in [0.05, 0.1) is 13.7 Å². The standard InChI is InChI=1S/C16H26N2O3/c1-13(14-8-5-6-9-15(14)21-4)18(2)12-16(19)17-10-7-11-20-3/h5-6,8-9,13H,7,10-12H2,1-4H3,(H,17,19)/t13-/m1/s1. The number of benzene rings is 1. The van der Waals surface area contributed by atoms with Gasteiger partial charge in [-0.05, 0) is 26.5 Å². The van der Waals surface area contributed by atoms with E-state index in [1.54, 1.807) is 14.2 Å². The molecule has 0 aromatic heterocycles. The topological polar surface area (TPSA) is 50.8 Å². The molecule has 1 atom stereocenters. The van der Waals surface area contributed by atoms with Crippen molar-refractivity contribution in [2.75, 3.05) is 41.0 Å². The van der Waals surface area contributed by atoms with Crippen LogP contribution in [-0.2, 0) is 9.53 Å². The molecule has 0 unspecified atom stereocenters. The number of ether oxygens (including phenoxy) is 2. The summed E-state index contributed by atoms with van der Waals surface area (Å²) in [6.45, 7) is 3.72. The Kier molecular flexibility index (Phi) is 7.79. The normalized spacial score (nSPS) is 12.2. The summed E-state index contributed by atoms with van der Waals surface area (Å²) in [6, 6.07) is 7.98. The number of para-hydroxylation sites is 1. The molecular weight excluding hydrogens is 268 g/mol. The highest BCUT2D eigenvalue weighted by molar-refractivity contribution is 5.78. The molecule has 5 nitrogen and oxygen atoms in total. The minimum atomic E-state index is 0.0235. The lowest BCUT2D eigenvalue weighted by atomic mass is 10.1. The Morgan fingerprint density at radius 2 is 2.05 bits per heavy atom. The van der Waals surface area contributed by atoms with Gasteiger partial charge >= 0.3 is 0 Å². The number of carbonyl (C=O) groups is 1. The van der Waals surface area contributed by atoms with Gasteiger partial charge < -0.3 is 14.8 Å². The molecule has 0 radical (unpaired) electrons. The summed E-state index contributed by atoms with van der Waals surface area (Å²) in [5.74, 6) is 0.868. The van der Waals surface area contributed by atoms with E-state index in [0.29, 0.717) is 19.7 Å². The van der Waals surface area contributed by atoms with Crippen LogP contribution in [0.4, 0.5) is 0 Å². The maximum absolute atomic E-state index is 11.9. The highest BCUT2D eigenvalue weighted by Crippen LogP contribution is 2.27. The average Bonchev–Trinajstić information content (AvgIpc) is 2.50. The first kappa shape index (κ1) is 17.5. The van der Waals surface area contributed by atoms with E-state index >= 15 is 0 Å². The predicted molar refractivity (Wildman–Crippen MR) is 83.5 cm³/mol. The second kappa shape index (κ2) is 9.37. The van der Waals surface area contributed by atoms with Gasteiger partial charge in [-0.25, -0.2) is 0 Å². The molecule has 1 rings (SSSR count). The monoisotopic (exact) mass is 294 g/mol. The van der Waals surface area contributed by atoms with Gasteiger partial charge in [0.1, 0.15) is 5.75 Å². The first-order chi connectivity index (χ1) is 10.1. The predicted octanol–water partition coefficient (Wildman–Crippen LogP) is 1.84. The van der Waals surface area contributed by atoms with Crippen molar-refractivity contribution in [1.29, 1.82) is 0 Å². The van der Waals surface area contributed by atoms with Gasteiger partial charge in [0.25, 0.3) is 0 Å². The van der Waals surface area contributed by atoms with Gasteiger partial charge in [-0.15, -0.1) is 0 Å². The Bertz CT molecular complexity index is 437. The zero-order valence-electron chi connectivity index (χ0n) is 13.4. The molecule has 1 aromatic carbocycles. The molecule has 0 fully saturated rings. The van der Waals surface area contributed by atoms with Crippen LogP contribution in [0.25, 0.3) is 0 Å². The number of carbonyl (C=O) groups excluding carboxylic acids is 1. The minimum absolute atomic E-state index is 0.0235. The molecule has 5 heteroatoms. The summed E-state index contributed by atoms with van der Waals surface area (Å²) in [5.41, 5.74) is 1.08. The van der Waals surface area contributed by atoms with Crippen LogP contribution in [0.15, 0.2) is 24.3 Å². The quantitative estimate of drug-likeness (QED) is 0.706. The summed E-state index contributed by atoms with van der Waals surface area (Å²) >= 11 is 0. The van der Waals surface area contributed by atoms with E-state index in [2.05, 4.69) is 12.2 Å². The van der Waals surface area contributed by atoms with Gasteiger partial charge in [0, 0.05) is 31.9 Å². The summed E-state index contributed by atoms with van der Waals surface area (Å²) in [7, 11) is 5.25. The van der Waals surface area contributed by atoms with E-state index in [4.69, 9.17) is 9.47 Å². The van der Waals surface area contributed by atoms with Gasteiger partial charge in [-0.1, -0.05) is 18.2 Å². The Morgan fingerprint density at radius 3 is 2.71 bits per heavy atom. The van der Waals surface area contributed by atoms with Crippen LogP contribution in [-0.4, -0.2) is 51.8 Å². The van der Waals surface area contributed by atoms with E-state index in [9.17, 15) is 4.79 Å². The molecule has 1 N–H and O–H groups in total. The van der Waals surface area contributed by atoms with Gasteiger partial charge in [0.15, 0.2) is 0 Å². The van der Waals surface area contributed by atoms with Crippen LogP contribution in [0, 0.1) is 0 Å². The third-order valence-electron chi connectivity index (χ3n) is 3.49. The van der Waals surface area contributed by atoms with Crippen molar-refractivity contribution in [3.63, 3.8) is 0 Å². The molecule has 1 aromatic rings. The van der Waals surface area contributed by atoms with Crippen LogP contribution in [0.3, 0.4) is 0 Å². The van der Waals surface area contributed by atoms with Crippen LogP contribution >= 0.6 is 0 Å². The summed E-state index contributed by atoms with van der Waals surface area (Å²) in [6.07, 6.45) is 0.827. The van der Waals surface area contributed by atoms with E-state index in [1.165, 1.54) is 0 Å². The number of amides is 1. The fourth-order valence-corrected chi connectivity index (χ4v) is 2.11. The Hall–Kier alpha value is -1.59. The Morgan fingerprint density at radius 1 is 1.33 bits per heavy atom. The highest BCUT2D eigenvalue weighted by Gasteiger charge is 2.17. The van der Waals surface area contributed by atoms with Crippen LogP contribution in [0.5, 0.6) is 5.75 Å². The van der Waals surface area contributed by atoms with Crippen molar-refractivity contribution < 1.29 is 14.3 Å². The van der Waals surface area contributed by atoms with Gasteiger partial charge in [-0.2, -0.15) is 0 Å². The van der Waals surface area contributed by atoms with Gasteiger partial charge in [-0.3, -0.25) is 9.69 Å². The number of nitrogens with zero attached hydrogens (tertiary/aromatic N) is 1. The Balaban J connectivity index is 2.50. The molecule has 0 aliphatic carbocycles. The van der Waals surface area contributed by atoms with E-state index in [1.807, 2.05) is 36.2 Å². The zero-order valence-corrected chi connectivity index (χ0v) is 13.4. The van der Waals surface area contributed by atoms with Crippen LogP contribution in [0.2, 0.25) is 0 Å². The third kappa shape index (κ3) is 5.73. The molecule has 1 amide bonds. The maximum atomic E-state index is 11.9. The number of nitrogens with one attached hydrogen (secondary N) is 1. The molecule has 0 saturated carbocycles. The van der Waals surface area contributed by atoms with Crippen molar-refractivity contribution in [3.05, 3.63) is 29.8 Å². The largest absolute Gasteiger partial charge is 0.496 e. The zero-order chi connectivity index (χ0) is 15.7. The second-order valence-corrected chi connectivity index (χ2v) is 5.03. The lowest BCUT2D eigenvalue weighted by Gasteiger charge is -2.25. The fraction of sp³-hybridized carbons (Fsp3) is 0.562. The first-order valence-electron chi connectivity index (χ1n) is 7.19. The lowest BCUT2D eigenvalue weighted by molar-refractivity contribution is -0.122. The number of methoxy groups -OCH3 is 2. The second-order valence-electron chi connectivity index (χ2n) is 5.03. The number of hydrogen-bond acceptors (Lipinski definition) is 4. The highest BCUT2D eigenvalue weighted by atomic mass is 16.5. The average molecular weight is 294 g/mol. The Labute approximate surface area is 127 Å². The van der Waals surface area contributed by atoms with E-state index in [-0.39, 0.29) is 11.9 Å². The summed E-state index contributed by atoms with van der Waals surface area (Å²) in [4.78, 5) is 13.9.